The van der Waals surface area contributed by atoms with Crippen LogP contribution in [0.1, 0.15) is 18.1 Å². The Hall–Kier alpha value is -2.16. The number of carbonyl (C=O) groups is 1. The molecule has 0 saturated carbocycles. The summed E-state index contributed by atoms with van der Waals surface area (Å²) in [6, 6.07) is 9.79. The Labute approximate surface area is 98.7 Å². The van der Waals surface area contributed by atoms with Crippen molar-refractivity contribution in [3.8, 4) is 0 Å². The van der Waals surface area contributed by atoms with E-state index in [1.807, 2.05) is 30.3 Å². The minimum absolute atomic E-state index is 0.242. The van der Waals surface area contributed by atoms with Crippen LogP contribution in [0.4, 0.5) is 0 Å². The largest absolute Gasteiger partial charge is 0.454 e. The minimum Gasteiger partial charge on any atom is -0.454 e. The van der Waals surface area contributed by atoms with Crippen LogP contribution in [0.3, 0.4) is 0 Å². The van der Waals surface area contributed by atoms with Crippen molar-refractivity contribution in [2.45, 2.75) is 12.5 Å². The molecule has 0 N–H and O–H groups in total. The Morgan fingerprint density at radius 3 is 2.88 bits per heavy atom. The lowest BCUT2D eigenvalue weighted by Gasteiger charge is -2.11. The number of fused-ring (bicyclic) bond motifs is 1. The van der Waals surface area contributed by atoms with Crippen molar-refractivity contribution in [3.63, 3.8) is 0 Å². The van der Waals surface area contributed by atoms with Gasteiger partial charge in [0.05, 0.1) is 5.52 Å². The molecule has 0 spiro atoms. The maximum Gasteiger partial charge on any atom is 0.334 e. The first-order valence-electron chi connectivity index (χ1n) is 5.48. The van der Waals surface area contributed by atoms with Gasteiger partial charge in [0.1, 0.15) is 6.10 Å². The topological polar surface area (TPSA) is 39.2 Å². The van der Waals surface area contributed by atoms with Crippen LogP contribution in [0, 0.1) is 0 Å². The number of carbonyl (C=O) groups excluding carboxylic acids is 1. The Morgan fingerprint density at radius 1 is 1.29 bits per heavy atom. The van der Waals surface area contributed by atoms with Gasteiger partial charge in [-0.2, -0.15) is 0 Å². The number of hydrogen-bond acceptors (Lipinski definition) is 3. The van der Waals surface area contributed by atoms with E-state index in [0.29, 0.717) is 12.0 Å². The number of nitrogens with zero attached hydrogens (tertiary/aromatic N) is 1. The van der Waals surface area contributed by atoms with Gasteiger partial charge in [-0.15, -0.1) is 0 Å². The summed E-state index contributed by atoms with van der Waals surface area (Å²) in [5.41, 5.74) is 2.38. The van der Waals surface area contributed by atoms with Crippen LogP contribution >= 0.6 is 0 Å². The normalized spacial score (nSPS) is 19.6. The first-order valence-corrected chi connectivity index (χ1v) is 5.48. The fourth-order valence-corrected chi connectivity index (χ4v) is 2.12. The summed E-state index contributed by atoms with van der Waals surface area (Å²) in [5.74, 6) is -0.303. The zero-order chi connectivity index (χ0) is 11.8. The van der Waals surface area contributed by atoms with Crippen LogP contribution in [0.25, 0.3) is 10.9 Å². The molecular weight excluding hydrogens is 214 g/mol. The molecule has 0 bridgehead atoms. The van der Waals surface area contributed by atoms with Crippen LogP contribution in [0.5, 0.6) is 0 Å². The van der Waals surface area contributed by atoms with E-state index in [9.17, 15) is 4.79 Å². The molecule has 3 heteroatoms. The van der Waals surface area contributed by atoms with Crippen molar-refractivity contribution < 1.29 is 9.53 Å². The van der Waals surface area contributed by atoms with Crippen molar-refractivity contribution in [1.82, 2.24) is 4.98 Å². The predicted molar refractivity (Wildman–Crippen MR) is 64.3 cm³/mol. The Bertz CT molecular complexity index is 597. The number of esters is 1. The molecule has 1 saturated heterocycles. The first-order chi connectivity index (χ1) is 8.25. The quantitative estimate of drug-likeness (QED) is 0.553. The highest BCUT2D eigenvalue weighted by atomic mass is 16.5. The third kappa shape index (κ3) is 1.60. The summed E-state index contributed by atoms with van der Waals surface area (Å²) < 4.78 is 5.29. The van der Waals surface area contributed by atoms with Crippen LogP contribution in [-0.2, 0) is 9.53 Å². The fourth-order valence-electron chi connectivity index (χ4n) is 2.12. The van der Waals surface area contributed by atoms with Gasteiger partial charge in [0.25, 0.3) is 0 Å². The summed E-state index contributed by atoms with van der Waals surface area (Å²) in [7, 11) is 0. The molecule has 1 aromatic heterocycles. The molecule has 0 amide bonds. The highest BCUT2D eigenvalue weighted by Crippen LogP contribution is 2.34. The molecule has 1 atom stereocenters. The molecule has 0 radical (unpaired) electrons. The van der Waals surface area contributed by atoms with Gasteiger partial charge >= 0.3 is 5.97 Å². The lowest BCUT2D eigenvalue weighted by Crippen LogP contribution is -2.00. The smallest absolute Gasteiger partial charge is 0.334 e. The van der Waals surface area contributed by atoms with Gasteiger partial charge in [0.2, 0.25) is 0 Å². The van der Waals surface area contributed by atoms with E-state index >= 15 is 0 Å². The van der Waals surface area contributed by atoms with Gasteiger partial charge in [0, 0.05) is 29.1 Å². The van der Waals surface area contributed by atoms with Gasteiger partial charge in [-0.05, 0) is 6.07 Å². The second-order valence-corrected chi connectivity index (χ2v) is 4.12. The number of para-hydroxylation sites is 1. The maximum absolute atomic E-state index is 11.4. The highest BCUT2D eigenvalue weighted by Gasteiger charge is 2.29. The molecular formula is C14H11NO2. The van der Waals surface area contributed by atoms with E-state index in [1.165, 1.54) is 0 Å². The van der Waals surface area contributed by atoms with Crippen molar-refractivity contribution in [1.29, 1.82) is 0 Å². The predicted octanol–water partition coefficient (Wildman–Crippen LogP) is 2.78. The van der Waals surface area contributed by atoms with Crippen molar-refractivity contribution in [2.24, 2.45) is 0 Å². The summed E-state index contributed by atoms with van der Waals surface area (Å²) in [6.07, 6.45) is 2.06. The number of rotatable bonds is 1. The Morgan fingerprint density at radius 2 is 2.12 bits per heavy atom. The molecule has 17 heavy (non-hydrogen) atoms. The van der Waals surface area contributed by atoms with E-state index in [0.717, 1.165) is 16.5 Å². The van der Waals surface area contributed by atoms with Crippen molar-refractivity contribution in [2.75, 3.05) is 0 Å². The zero-order valence-corrected chi connectivity index (χ0v) is 9.22. The Kier molecular flexibility index (Phi) is 2.18. The van der Waals surface area contributed by atoms with Crippen LogP contribution < -0.4 is 0 Å². The lowest BCUT2D eigenvalue weighted by molar-refractivity contribution is -0.139. The number of cyclic esters (lactones) is 1. The third-order valence-corrected chi connectivity index (χ3v) is 2.98. The number of pyridine rings is 1. The lowest BCUT2D eigenvalue weighted by atomic mass is 10.0. The average Bonchev–Trinajstić information content (AvgIpc) is 2.69. The van der Waals surface area contributed by atoms with Gasteiger partial charge in [-0.25, -0.2) is 4.79 Å². The number of aromatic nitrogens is 1. The van der Waals surface area contributed by atoms with Crippen LogP contribution in [0.2, 0.25) is 0 Å². The van der Waals surface area contributed by atoms with Gasteiger partial charge in [0.15, 0.2) is 0 Å². The molecule has 1 aliphatic heterocycles. The molecule has 3 rings (SSSR count). The molecule has 84 valence electrons. The highest BCUT2D eigenvalue weighted by molar-refractivity contribution is 5.91. The van der Waals surface area contributed by atoms with E-state index in [1.54, 1.807) is 6.20 Å². The summed E-state index contributed by atoms with van der Waals surface area (Å²) in [5, 5.41) is 1.05. The number of ether oxygens (including phenoxy) is 1. The number of benzene rings is 1. The summed E-state index contributed by atoms with van der Waals surface area (Å²) in [4.78, 5) is 15.7. The molecule has 0 aliphatic carbocycles. The first kappa shape index (κ1) is 10.0. The monoisotopic (exact) mass is 225 g/mol. The summed E-state index contributed by atoms with van der Waals surface area (Å²) in [6.45, 7) is 3.70. The SMILES string of the molecule is C=C1CC(c2cccc3cccnc23)OC1=O. The Balaban J connectivity index is 2.12. The van der Waals surface area contributed by atoms with E-state index in [4.69, 9.17) is 4.74 Å². The van der Waals surface area contributed by atoms with Crippen molar-refractivity contribution in [3.05, 3.63) is 54.2 Å². The maximum atomic E-state index is 11.4. The van der Waals surface area contributed by atoms with Gasteiger partial charge in [-0.3, -0.25) is 4.98 Å². The second kappa shape index (κ2) is 3.70. The minimum atomic E-state index is -0.303. The van der Waals surface area contributed by atoms with Gasteiger partial charge < -0.3 is 4.74 Å². The molecule has 3 nitrogen and oxygen atoms in total. The van der Waals surface area contributed by atoms with Crippen molar-refractivity contribution >= 4 is 16.9 Å². The molecule has 1 fully saturated rings. The van der Waals surface area contributed by atoms with Gasteiger partial charge in [-0.1, -0.05) is 30.8 Å². The fraction of sp³-hybridized carbons (Fsp3) is 0.143. The second-order valence-electron chi connectivity index (χ2n) is 4.12. The number of hydrogen-bond donors (Lipinski definition) is 0. The van der Waals surface area contributed by atoms with E-state index in [2.05, 4.69) is 11.6 Å². The molecule has 1 aliphatic rings. The zero-order valence-electron chi connectivity index (χ0n) is 9.22. The van der Waals surface area contributed by atoms with Crippen LogP contribution in [0.15, 0.2) is 48.7 Å². The molecule has 2 aromatic rings. The summed E-state index contributed by atoms with van der Waals surface area (Å²) >= 11 is 0. The van der Waals surface area contributed by atoms with Crippen LogP contribution in [-0.4, -0.2) is 11.0 Å². The third-order valence-electron chi connectivity index (χ3n) is 2.98. The molecule has 1 unspecified atom stereocenters. The molecule has 2 heterocycles. The van der Waals surface area contributed by atoms with E-state index < -0.39 is 0 Å². The van der Waals surface area contributed by atoms with E-state index in [-0.39, 0.29) is 12.1 Å². The average molecular weight is 225 g/mol. The standard InChI is InChI=1S/C14H11NO2/c1-9-8-12(17-14(9)16)11-6-2-4-10-5-3-7-15-13(10)11/h2-7,12H,1,8H2. The molecule has 1 aromatic carbocycles.